The Bertz CT molecular complexity index is 3760. The number of nitriles is 2. The second kappa shape index (κ2) is 21.7. The van der Waals surface area contributed by atoms with Crippen LogP contribution >= 0.6 is 22.9 Å². The van der Waals surface area contributed by atoms with E-state index >= 15 is 8.78 Å². The molecule has 12 rings (SSSR count). The molecule has 3 fully saturated rings. The second-order valence-corrected chi connectivity index (χ2v) is 22.7. The lowest BCUT2D eigenvalue weighted by Crippen LogP contribution is -2.50. The van der Waals surface area contributed by atoms with E-state index in [2.05, 4.69) is 22.4 Å². The van der Waals surface area contributed by atoms with Gasteiger partial charge >= 0.3 is 12.0 Å². The van der Waals surface area contributed by atoms with E-state index in [1.807, 2.05) is 44.0 Å². The number of cyclic esters (lactones) is 1. The zero-order valence-corrected chi connectivity index (χ0v) is 46.6. The molecule has 2 N–H and O–H groups in total. The molecule has 0 spiro atoms. The molecule has 3 aromatic heterocycles. The Labute approximate surface area is 470 Å². The minimum absolute atomic E-state index is 0.00260. The van der Waals surface area contributed by atoms with E-state index < -0.39 is 23.7 Å². The van der Waals surface area contributed by atoms with Crippen LogP contribution in [0.1, 0.15) is 87.2 Å². The summed E-state index contributed by atoms with van der Waals surface area (Å²) in [6.07, 6.45) is 9.16. The minimum atomic E-state index is -0.780. The van der Waals surface area contributed by atoms with Gasteiger partial charge in [0, 0.05) is 90.7 Å². The van der Waals surface area contributed by atoms with Gasteiger partial charge in [-0.15, -0.1) is 11.3 Å². The molecular formula is C60H59ClF2N10O6S. The Balaban J connectivity index is 0.00000220. The van der Waals surface area contributed by atoms with Crippen molar-refractivity contribution in [1.82, 2.24) is 29.7 Å². The van der Waals surface area contributed by atoms with Crippen molar-refractivity contribution in [3.05, 3.63) is 104 Å². The summed E-state index contributed by atoms with van der Waals surface area (Å²) in [5.74, 6) is -1.41. The number of nitrogen functional groups attached to an aromatic ring is 1. The number of carbonyl (C=O) groups excluding carboxylic acids is 3. The average molecular weight is 1120 g/mol. The minimum Gasteiger partial charge on any atom is -0.486 e. The maximum Gasteiger partial charge on any atom is 0.319 e. The van der Waals surface area contributed by atoms with Crippen LogP contribution in [0.2, 0.25) is 5.02 Å². The van der Waals surface area contributed by atoms with Crippen LogP contribution < -0.4 is 20.1 Å². The quantitative estimate of drug-likeness (QED) is 0.0688. The molecule has 0 saturated carbocycles. The van der Waals surface area contributed by atoms with Crippen molar-refractivity contribution in [1.29, 1.82) is 10.5 Å². The van der Waals surface area contributed by atoms with Gasteiger partial charge < -0.3 is 34.6 Å². The van der Waals surface area contributed by atoms with Crippen molar-refractivity contribution in [2.75, 3.05) is 70.2 Å². The number of aldehydes is 1. The van der Waals surface area contributed by atoms with E-state index in [0.29, 0.717) is 79.4 Å². The van der Waals surface area contributed by atoms with Crippen LogP contribution in [0.25, 0.3) is 48.7 Å². The molecule has 1 aliphatic carbocycles. The van der Waals surface area contributed by atoms with Crippen LogP contribution in [0, 0.1) is 40.2 Å². The van der Waals surface area contributed by atoms with Gasteiger partial charge in [0.15, 0.2) is 5.82 Å². The number of halogens is 3. The van der Waals surface area contributed by atoms with Gasteiger partial charge in [-0.05, 0) is 118 Å². The van der Waals surface area contributed by atoms with E-state index in [4.69, 9.17) is 51.8 Å². The molecule has 3 aromatic carbocycles. The molecule has 2 atom stereocenters. The van der Waals surface area contributed by atoms with Crippen molar-refractivity contribution >= 4 is 89.5 Å². The fraction of sp³-hybridized carbons (Fsp3) is 0.400. The number of pyridine rings is 1. The number of aryl methyl sites for hydroxylation is 2. The number of fused-ring (bicyclic) bond motifs is 5. The number of aromatic nitrogens is 3. The number of piperazine rings is 1. The van der Waals surface area contributed by atoms with Gasteiger partial charge in [0.05, 0.1) is 49.7 Å². The predicted molar refractivity (Wildman–Crippen MR) is 303 cm³/mol. The Morgan fingerprint density at radius 2 is 1.77 bits per heavy atom. The normalized spacial score (nSPS) is 19.4. The summed E-state index contributed by atoms with van der Waals surface area (Å²) in [5.41, 5.74) is 13.5. The Morgan fingerprint density at radius 1 is 1.04 bits per heavy atom. The number of nitrogens with zero attached hydrogens (tertiary/aromatic N) is 9. The van der Waals surface area contributed by atoms with Crippen LogP contribution in [-0.4, -0.2) is 119 Å². The lowest BCUT2D eigenvalue weighted by atomic mass is 9.86. The van der Waals surface area contributed by atoms with Gasteiger partial charge in [-0.2, -0.15) is 20.5 Å². The maximum atomic E-state index is 17.4. The SMILES string of the molecule is C=C(C(=O)N1CCN(c2nc(OCC34CCCN3CCC4)nc3c(F)c(-c4ccc(F)c5sc(N)c(C#N)c45)c(Cl)cc23)CC1)C(C)Oc1ccc2nc3c(c4c2c1CCC4)CN(C)/C3=C\C1=C(C=O)COC(=O)C1CC.CC#N. The number of hydrogen-bond donors (Lipinski definition) is 1. The molecule has 20 heteroatoms. The number of carbonyl (C=O) groups is 3. The topological polar surface area (TPSA) is 204 Å². The molecule has 2 unspecified atom stereocenters. The van der Waals surface area contributed by atoms with Crippen molar-refractivity contribution < 1.29 is 37.4 Å². The third-order valence-corrected chi connectivity index (χ3v) is 18.2. The largest absolute Gasteiger partial charge is 0.486 e. The van der Waals surface area contributed by atoms with Gasteiger partial charge in [0.25, 0.3) is 5.91 Å². The van der Waals surface area contributed by atoms with Crippen molar-refractivity contribution in [3.8, 4) is 35.0 Å². The van der Waals surface area contributed by atoms with Crippen molar-refractivity contribution in [2.24, 2.45) is 5.92 Å². The summed E-state index contributed by atoms with van der Waals surface area (Å²) in [6, 6.07) is 11.9. The number of hydrogen-bond acceptors (Lipinski definition) is 16. The van der Waals surface area contributed by atoms with Gasteiger partial charge in [0.1, 0.15) is 59.6 Å². The number of thiophene rings is 1. The molecule has 1 amide bonds. The van der Waals surface area contributed by atoms with Crippen LogP contribution in [-0.2, 0) is 38.5 Å². The summed E-state index contributed by atoms with van der Waals surface area (Å²) in [6.45, 7) is 13.6. The smallest absolute Gasteiger partial charge is 0.319 e. The molecule has 0 radical (unpaired) electrons. The van der Waals surface area contributed by atoms with Crippen molar-refractivity contribution in [2.45, 2.75) is 90.3 Å². The summed E-state index contributed by atoms with van der Waals surface area (Å²) in [5, 5.41) is 19.1. The lowest BCUT2D eigenvalue weighted by Gasteiger charge is -2.37. The molecule has 3 saturated heterocycles. The first-order valence-corrected chi connectivity index (χ1v) is 28.3. The highest BCUT2D eigenvalue weighted by Gasteiger charge is 2.45. The first-order chi connectivity index (χ1) is 38.6. The molecule has 8 heterocycles. The zero-order valence-electron chi connectivity index (χ0n) is 45.0. The number of esters is 1. The highest BCUT2D eigenvalue weighted by molar-refractivity contribution is 7.23. The van der Waals surface area contributed by atoms with Crippen LogP contribution in [0.3, 0.4) is 0 Å². The predicted octanol–water partition coefficient (Wildman–Crippen LogP) is 10.0. The van der Waals surface area contributed by atoms with Gasteiger partial charge in [-0.1, -0.05) is 31.2 Å². The third-order valence-electron chi connectivity index (χ3n) is 16.8. The summed E-state index contributed by atoms with van der Waals surface area (Å²) in [7, 11) is 2.00. The highest BCUT2D eigenvalue weighted by atomic mass is 35.5. The van der Waals surface area contributed by atoms with E-state index in [0.717, 1.165) is 109 Å². The van der Waals surface area contributed by atoms with E-state index in [1.54, 1.807) is 17.0 Å². The molecule has 412 valence electrons. The molecule has 0 bridgehead atoms. The fourth-order valence-corrected chi connectivity index (χ4v) is 14.1. The first-order valence-electron chi connectivity index (χ1n) is 27.1. The first kappa shape index (κ1) is 54.3. The average Bonchev–Trinajstić information content (AvgIpc) is 3.89. The number of anilines is 2. The van der Waals surface area contributed by atoms with E-state index in [-0.39, 0.29) is 72.3 Å². The number of ether oxygens (including phenoxy) is 3. The molecule has 5 aliphatic heterocycles. The van der Waals surface area contributed by atoms with Crippen LogP contribution in [0.4, 0.5) is 19.6 Å². The maximum absolute atomic E-state index is 17.4. The lowest BCUT2D eigenvalue weighted by molar-refractivity contribution is -0.147. The Kier molecular flexibility index (Phi) is 14.7. The number of rotatable bonds is 12. The molecule has 6 aromatic rings. The standard InChI is InChI=1S/C58H56ClF2N9O6S.C2H3N/c1-5-33-37(32(27-71)28-74-56(33)73)24-44-50-40(26-67(44)4)34-9-6-10-35-45(14-13-43(64-50)46(34)35)76-31(3)30(2)55(72)69-21-19-68(20-22-69)54-38-23-41(59)48(36-11-12-42(60)52-47(36)39(25-62)53(63)77-52)49(61)51(38)65-57(66-54)75-29-58-15-7-17-70(58)18-8-16-58;1-2-3/h11-14,23-24,27,31,33H,2,5-10,15-22,26,28-29,63H2,1,3-4H3;1H3/b44-24-;. The van der Waals surface area contributed by atoms with Crippen molar-refractivity contribution in [3.63, 3.8) is 0 Å². The van der Waals surface area contributed by atoms with Gasteiger partial charge in [-0.3, -0.25) is 19.3 Å². The van der Waals surface area contributed by atoms with Gasteiger partial charge in [0.2, 0.25) is 0 Å². The monoisotopic (exact) mass is 1120 g/mol. The third kappa shape index (κ3) is 9.22. The van der Waals surface area contributed by atoms with E-state index in [9.17, 15) is 19.6 Å². The van der Waals surface area contributed by atoms with E-state index in [1.165, 1.54) is 24.6 Å². The summed E-state index contributed by atoms with van der Waals surface area (Å²) < 4.78 is 51.2. The molecule has 6 aliphatic rings. The number of nitrogens with two attached hydrogens (primary N) is 1. The highest BCUT2D eigenvalue weighted by Crippen LogP contribution is 2.48. The Morgan fingerprint density at radius 3 is 2.49 bits per heavy atom. The zero-order chi connectivity index (χ0) is 56.3. The summed E-state index contributed by atoms with van der Waals surface area (Å²) >= 11 is 7.93. The fourth-order valence-electron chi connectivity index (χ4n) is 12.8. The number of benzene rings is 3. The molecule has 16 nitrogen and oxygen atoms in total. The van der Waals surface area contributed by atoms with Crippen LogP contribution in [0.5, 0.6) is 11.8 Å². The summed E-state index contributed by atoms with van der Waals surface area (Å²) in [4.78, 5) is 62.3. The molecule has 80 heavy (non-hydrogen) atoms. The van der Waals surface area contributed by atoms with Gasteiger partial charge in [-0.25, -0.2) is 13.8 Å². The number of amides is 1. The molecular weight excluding hydrogens is 1060 g/mol. The second-order valence-electron chi connectivity index (χ2n) is 21.3. The van der Waals surface area contributed by atoms with Crippen LogP contribution in [0.15, 0.2) is 59.7 Å². The Hall–Kier alpha value is -7.71. The number of allylic oxidation sites excluding steroid dienone is 1.